The standard InChI is InChI=1S/C21H37N5OS.HI/c1-4-18-17(19(5-2)27-25-18)15-23-20(22-3)24-16-21(9-7-6-8-10-21)26-11-13-28-14-12-26;/h4-16H2,1-3H3,(H2,22,23,24);1H. The fraction of sp³-hybridized carbons (Fsp3) is 0.810. The second kappa shape index (κ2) is 12.4. The molecule has 2 N–H and O–H groups in total. The third kappa shape index (κ3) is 6.26. The Balaban J connectivity index is 0.00000300. The van der Waals surface area contributed by atoms with Gasteiger partial charge < -0.3 is 15.2 Å². The van der Waals surface area contributed by atoms with Crippen molar-refractivity contribution in [3.05, 3.63) is 17.0 Å². The molecule has 0 atom stereocenters. The first-order valence-corrected chi connectivity index (χ1v) is 12.1. The predicted octanol–water partition coefficient (Wildman–Crippen LogP) is 3.83. The van der Waals surface area contributed by atoms with Crippen molar-refractivity contribution in [2.45, 2.75) is 70.9 Å². The van der Waals surface area contributed by atoms with Gasteiger partial charge in [0.25, 0.3) is 0 Å². The van der Waals surface area contributed by atoms with E-state index in [1.165, 1.54) is 62.3 Å². The number of thioether (sulfide) groups is 1. The van der Waals surface area contributed by atoms with Gasteiger partial charge in [-0.3, -0.25) is 9.89 Å². The van der Waals surface area contributed by atoms with Crippen molar-refractivity contribution in [1.29, 1.82) is 0 Å². The maximum absolute atomic E-state index is 5.49. The van der Waals surface area contributed by atoms with Crippen LogP contribution in [0.3, 0.4) is 0 Å². The summed E-state index contributed by atoms with van der Waals surface area (Å²) in [6.07, 6.45) is 8.43. The van der Waals surface area contributed by atoms with Gasteiger partial charge in [-0.25, -0.2) is 0 Å². The molecule has 1 aliphatic heterocycles. The SMILES string of the molecule is CCc1noc(CC)c1CNC(=NC)NCC1(N2CCSCC2)CCCCC1.I. The highest BCUT2D eigenvalue weighted by molar-refractivity contribution is 14.0. The lowest BCUT2D eigenvalue weighted by Crippen LogP contribution is -2.59. The highest BCUT2D eigenvalue weighted by Gasteiger charge is 2.38. The Morgan fingerprint density at radius 3 is 2.48 bits per heavy atom. The summed E-state index contributed by atoms with van der Waals surface area (Å²) in [5.41, 5.74) is 2.53. The number of aryl methyl sites for hydroxylation is 2. The van der Waals surface area contributed by atoms with Gasteiger partial charge >= 0.3 is 0 Å². The van der Waals surface area contributed by atoms with Crippen molar-refractivity contribution >= 4 is 41.7 Å². The number of nitrogens with one attached hydrogen (secondary N) is 2. The first-order chi connectivity index (χ1) is 13.7. The fourth-order valence-corrected chi connectivity index (χ4v) is 5.53. The molecule has 29 heavy (non-hydrogen) atoms. The molecule has 1 aliphatic carbocycles. The molecule has 2 fully saturated rings. The number of hydrogen-bond acceptors (Lipinski definition) is 5. The first-order valence-electron chi connectivity index (χ1n) is 11.0. The van der Waals surface area contributed by atoms with Gasteiger partial charge in [0, 0.05) is 62.3 Å². The summed E-state index contributed by atoms with van der Waals surface area (Å²) in [5.74, 6) is 4.39. The number of aliphatic imine (C=N–C) groups is 1. The van der Waals surface area contributed by atoms with Crippen LogP contribution >= 0.6 is 35.7 Å². The number of nitrogens with zero attached hydrogens (tertiary/aromatic N) is 3. The second-order valence-electron chi connectivity index (χ2n) is 7.90. The monoisotopic (exact) mass is 535 g/mol. The topological polar surface area (TPSA) is 65.7 Å². The maximum atomic E-state index is 5.49. The summed E-state index contributed by atoms with van der Waals surface area (Å²) in [7, 11) is 1.86. The van der Waals surface area contributed by atoms with Gasteiger partial charge in [-0.15, -0.1) is 24.0 Å². The molecule has 6 nitrogen and oxygen atoms in total. The molecule has 1 aromatic rings. The van der Waals surface area contributed by atoms with Crippen molar-refractivity contribution in [3.8, 4) is 0 Å². The van der Waals surface area contributed by atoms with Crippen molar-refractivity contribution in [3.63, 3.8) is 0 Å². The summed E-state index contributed by atoms with van der Waals surface area (Å²) in [6, 6.07) is 0. The van der Waals surface area contributed by atoms with E-state index in [1.54, 1.807) is 0 Å². The van der Waals surface area contributed by atoms with Crippen LogP contribution in [0.25, 0.3) is 0 Å². The molecule has 0 aromatic carbocycles. The van der Waals surface area contributed by atoms with Crippen molar-refractivity contribution in [2.75, 3.05) is 38.2 Å². The van der Waals surface area contributed by atoms with Crippen LogP contribution in [0.1, 0.15) is 63.0 Å². The van der Waals surface area contributed by atoms with Gasteiger partial charge in [0.15, 0.2) is 5.96 Å². The van der Waals surface area contributed by atoms with Gasteiger partial charge in [-0.05, 0) is 19.3 Å². The van der Waals surface area contributed by atoms with E-state index in [-0.39, 0.29) is 29.5 Å². The quantitative estimate of drug-likeness (QED) is 0.315. The lowest BCUT2D eigenvalue weighted by Gasteiger charge is -2.48. The Morgan fingerprint density at radius 2 is 1.86 bits per heavy atom. The van der Waals surface area contributed by atoms with E-state index in [4.69, 9.17) is 4.52 Å². The summed E-state index contributed by atoms with van der Waals surface area (Å²) < 4.78 is 5.49. The number of hydrogen-bond donors (Lipinski definition) is 2. The van der Waals surface area contributed by atoms with Gasteiger partial charge in [0.1, 0.15) is 5.76 Å². The van der Waals surface area contributed by atoms with Crippen LogP contribution in [0, 0.1) is 0 Å². The smallest absolute Gasteiger partial charge is 0.191 e. The second-order valence-corrected chi connectivity index (χ2v) is 9.13. The molecular formula is C21H38IN5OS. The molecular weight excluding hydrogens is 497 g/mol. The number of halogens is 1. The molecule has 1 saturated carbocycles. The number of rotatable bonds is 7. The predicted molar refractivity (Wildman–Crippen MR) is 134 cm³/mol. The van der Waals surface area contributed by atoms with Crippen LogP contribution in [-0.2, 0) is 19.4 Å². The van der Waals surface area contributed by atoms with E-state index in [9.17, 15) is 0 Å². The van der Waals surface area contributed by atoms with Crippen molar-refractivity contribution < 1.29 is 4.52 Å². The highest BCUT2D eigenvalue weighted by atomic mass is 127. The van der Waals surface area contributed by atoms with Crippen molar-refractivity contribution in [1.82, 2.24) is 20.7 Å². The minimum absolute atomic E-state index is 0. The summed E-state index contributed by atoms with van der Waals surface area (Å²) in [4.78, 5) is 7.24. The van der Waals surface area contributed by atoms with E-state index < -0.39 is 0 Å². The van der Waals surface area contributed by atoms with Gasteiger partial charge in [0.05, 0.1) is 5.69 Å². The molecule has 0 amide bonds. The molecule has 2 heterocycles. The summed E-state index contributed by atoms with van der Waals surface area (Å²) in [5, 5.41) is 11.4. The van der Waals surface area contributed by atoms with Crippen molar-refractivity contribution in [2.24, 2.45) is 4.99 Å². The molecule has 1 aromatic heterocycles. The third-order valence-electron chi connectivity index (χ3n) is 6.31. The Morgan fingerprint density at radius 1 is 1.14 bits per heavy atom. The zero-order chi connectivity index (χ0) is 19.8. The van der Waals surface area contributed by atoms with E-state index in [2.05, 4.69) is 51.3 Å². The van der Waals surface area contributed by atoms with Gasteiger partial charge in [0.2, 0.25) is 0 Å². The van der Waals surface area contributed by atoms with Crippen LogP contribution < -0.4 is 10.6 Å². The van der Waals surface area contributed by atoms with Crippen LogP contribution in [0.15, 0.2) is 9.52 Å². The molecule has 2 aliphatic rings. The normalized spacial score (nSPS) is 20.2. The lowest BCUT2D eigenvalue weighted by atomic mass is 9.80. The molecule has 1 saturated heterocycles. The molecule has 0 bridgehead atoms. The average Bonchev–Trinajstić information content (AvgIpc) is 3.17. The minimum Gasteiger partial charge on any atom is -0.361 e. The fourth-order valence-electron chi connectivity index (χ4n) is 4.63. The van der Waals surface area contributed by atoms with E-state index in [0.717, 1.165) is 36.8 Å². The first kappa shape index (κ1) is 24.8. The summed E-state index contributed by atoms with van der Waals surface area (Å²) in [6.45, 7) is 8.36. The van der Waals surface area contributed by atoms with Gasteiger partial charge in [-0.1, -0.05) is 38.3 Å². The van der Waals surface area contributed by atoms with Crippen LogP contribution in [0.5, 0.6) is 0 Å². The minimum atomic E-state index is 0. The molecule has 0 radical (unpaired) electrons. The van der Waals surface area contributed by atoms with E-state index in [1.807, 2.05) is 7.05 Å². The zero-order valence-electron chi connectivity index (χ0n) is 18.3. The Hall–Kier alpha value is -0.480. The van der Waals surface area contributed by atoms with Crippen LogP contribution in [0.2, 0.25) is 0 Å². The average molecular weight is 536 g/mol. The van der Waals surface area contributed by atoms with E-state index >= 15 is 0 Å². The van der Waals surface area contributed by atoms with Crippen LogP contribution in [-0.4, -0.2) is 59.7 Å². The third-order valence-corrected chi connectivity index (χ3v) is 7.26. The van der Waals surface area contributed by atoms with Gasteiger partial charge in [-0.2, -0.15) is 11.8 Å². The molecule has 0 spiro atoms. The molecule has 166 valence electrons. The zero-order valence-corrected chi connectivity index (χ0v) is 21.4. The lowest BCUT2D eigenvalue weighted by molar-refractivity contribution is 0.0626. The number of aromatic nitrogens is 1. The highest BCUT2D eigenvalue weighted by Crippen LogP contribution is 2.34. The molecule has 0 unspecified atom stereocenters. The molecule has 3 rings (SSSR count). The number of guanidine groups is 1. The Kier molecular flexibility index (Phi) is 10.6. The maximum Gasteiger partial charge on any atom is 0.191 e. The van der Waals surface area contributed by atoms with Crippen LogP contribution in [0.4, 0.5) is 0 Å². The summed E-state index contributed by atoms with van der Waals surface area (Å²) >= 11 is 2.09. The van der Waals surface area contributed by atoms with E-state index in [0.29, 0.717) is 6.54 Å². The molecule has 8 heteroatoms. The Bertz CT molecular complexity index is 618. The Labute approximate surface area is 197 Å². The largest absolute Gasteiger partial charge is 0.361 e.